The Morgan fingerprint density at radius 2 is 1.87 bits per heavy atom. The van der Waals surface area contributed by atoms with E-state index in [1.807, 2.05) is 31.2 Å². The van der Waals surface area contributed by atoms with Gasteiger partial charge in [-0.25, -0.2) is 8.42 Å². The van der Waals surface area contributed by atoms with Crippen LogP contribution in [0, 0.1) is 6.92 Å². The number of para-hydroxylation sites is 1. The fraction of sp³-hybridized carbons (Fsp3) is 0.292. The van der Waals surface area contributed by atoms with E-state index in [2.05, 4.69) is 12.2 Å². The summed E-state index contributed by atoms with van der Waals surface area (Å²) in [6.07, 6.45) is 2.23. The molecule has 0 aliphatic carbocycles. The van der Waals surface area contributed by atoms with Gasteiger partial charge in [0.05, 0.1) is 17.2 Å². The van der Waals surface area contributed by atoms with Gasteiger partial charge in [0.1, 0.15) is 10.6 Å². The number of carbonyl (C=O) groups is 1. The Bertz CT molecular complexity index is 1200. The first kappa shape index (κ1) is 21.6. The normalized spacial score (nSPS) is 15.9. The Hall–Kier alpha value is -2.64. The second-order valence-corrected chi connectivity index (χ2v) is 10.5. The van der Waals surface area contributed by atoms with Gasteiger partial charge in [0.25, 0.3) is 0 Å². The molecule has 31 heavy (non-hydrogen) atoms. The van der Waals surface area contributed by atoms with Gasteiger partial charge in [-0.2, -0.15) is 0 Å². The lowest BCUT2D eigenvalue weighted by atomic mass is 9.90. The molecule has 1 N–H and O–H groups in total. The van der Waals surface area contributed by atoms with Crippen LogP contribution in [0.5, 0.6) is 5.75 Å². The number of unbranched alkanes of at least 4 members (excludes halogenated alkanes) is 1. The highest BCUT2D eigenvalue weighted by molar-refractivity contribution is 7.91. The summed E-state index contributed by atoms with van der Waals surface area (Å²) in [5, 5.41) is 4.46. The van der Waals surface area contributed by atoms with Crippen molar-refractivity contribution in [2.24, 2.45) is 0 Å². The van der Waals surface area contributed by atoms with Gasteiger partial charge < -0.3 is 10.1 Å². The van der Waals surface area contributed by atoms with Gasteiger partial charge >= 0.3 is 0 Å². The number of ether oxygens (including phenoxy) is 1. The van der Waals surface area contributed by atoms with E-state index in [-0.39, 0.29) is 28.0 Å². The molecule has 0 saturated heterocycles. The molecule has 1 aliphatic rings. The van der Waals surface area contributed by atoms with Gasteiger partial charge in [-0.3, -0.25) is 4.79 Å². The third kappa shape index (κ3) is 4.25. The molecule has 0 saturated carbocycles. The van der Waals surface area contributed by atoms with Crippen molar-refractivity contribution >= 4 is 32.8 Å². The Morgan fingerprint density at radius 3 is 2.61 bits per heavy atom. The van der Waals surface area contributed by atoms with Crippen LogP contribution in [0.15, 0.2) is 63.7 Å². The van der Waals surface area contributed by atoms with Crippen molar-refractivity contribution in [2.75, 3.05) is 11.9 Å². The van der Waals surface area contributed by atoms with Crippen molar-refractivity contribution < 1.29 is 17.9 Å². The van der Waals surface area contributed by atoms with Gasteiger partial charge in [-0.15, -0.1) is 11.3 Å². The lowest BCUT2D eigenvalue weighted by molar-refractivity contribution is -0.116. The molecule has 4 rings (SSSR count). The van der Waals surface area contributed by atoms with E-state index >= 15 is 0 Å². The van der Waals surface area contributed by atoms with Crippen LogP contribution in [-0.4, -0.2) is 20.9 Å². The predicted octanol–water partition coefficient (Wildman–Crippen LogP) is 5.54. The number of aryl methyl sites for hydroxylation is 1. The third-order valence-electron chi connectivity index (χ3n) is 5.43. The topological polar surface area (TPSA) is 72.5 Å². The van der Waals surface area contributed by atoms with Gasteiger partial charge in [0, 0.05) is 28.2 Å². The van der Waals surface area contributed by atoms with E-state index in [4.69, 9.17) is 4.74 Å². The number of fused-ring (bicyclic) bond motifs is 1. The maximum absolute atomic E-state index is 13.3. The van der Waals surface area contributed by atoms with Gasteiger partial charge in [-0.1, -0.05) is 49.2 Å². The number of hydrogen-bond donors (Lipinski definition) is 1. The Morgan fingerprint density at radius 1 is 1.13 bits per heavy atom. The van der Waals surface area contributed by atoms with Crippen molar-refractivity contribution in [3.63, 3.8) is 0 Å². The summed E-state index contributed by atoms with van der Waals surface area (Å²) >= 11 is 1.37. The van der Waals surface area contributed by atoms with Crippen molar-refractivity contribution in [3.05, 3.63) is 69.9 Å². The molecule has 0 bridgehead atoms. The molecular weight excluding hydrogens is 430 g/mol. The molecule has 7 heteroatoms. The largest absolute Gasteiger partial charge is 0.493 e. The van der Waals surface area contributed by atoms with E-state index in [0.717, 1.165) is 34.6 Å². The first-order chi connectivity index (χ1) is 14.9. The highest BCUT2D eigenvalue weighted by Gasteiger charge is 2.35. The van der Waals surface area contributed by atoms with E-state index < -0.39 is 9.84 Å². The lowest BCUT2D eigenvalue weighted by Gasteiger charge is -2.25. The van der Waals surface area contributed by atoms with Gasteiger partial charge in [0.15, 0.2) is 0 Å². The van der Waals surface area contributed by atoms with Crippen LogP contribution in [0.3, 0.4) is 0 Å². The molecule has 0 spiro atoms. The molecule has 1 amide bonds. The number of hydrogen-bond acceptors (Lipinski definition) is 5. The van der Waals surface area contributed by atoms with E-state index in [1.54, 1.807) is 29.6 Å². The number of benzene rings is 2. The van der Waals surface area contributed by atoms with Gasteiger partial charge in [0.2, 0.25) is 15.7 Å². The minimum Gasteiger partial charge on any atom is -0.493 e. The summed E-state index contributed by atoms with van der Waals surface area (Å²) < 4.78 is 32.6. The van der Waals surface area contributed by atoms with E-state index in [0.29, 0.717) is 12.3 Å². The van der Waals surface area contributed by atoms with Crippen LogP contribution in [0.1, 0.15) is 48.1 Å². The summed E-state index contributed by atoms with van der Waals surface area (Å²) in [6, 6.07) is 14.5. The van der Waals surface area contributed by atoms with Crippen molar-refractivity contribution in [2.45, 2.75) is 48.8 Å². The van der Waals surface area contributed by atoms with Crippen LogP contribution in [-0.2, 0) is 14.6 Å². The zero-order valence-corrected chi connectivity index (χ0v) is 19.2. The third-order valence-corrected chi connectivity index (χ3v) is 8.47. The minimum atomic E-state index is -3.75. The first-order valence-corrected chi connectivity index (χ1v) is 12.7. The molecule has 0 radical (unpaired) electrons. The zero-order valence-electron chi connectivity index (χ0n) is 17.6. The molecule has 0 fully saturated rings. The van der Waals surface area contributed by atoms with Crippen LogP contribution in [0.25, 0.3) is 0 Å². The molecule has 1 aliphatic heterocycles. The summed E-state index contributed by atoms with van der Waals surface area (Å²) in [5.74, 6) is 0.311. The maximum atomic E-state index is 13.3. The SMILES string of the molecule is CCCCOc1ccccc1C1CC(=O)Nc2c(S(=O)(=O)c3ccc(C)cc3)csc21. The monoisotopic (exact) mass is 455 g/mol. The molecule has 1 aromatic heterocycles. The van der Waals surface area contributed by atoms with Crippen molar-refractivity contribution in [1.82, 2.24) is 0 Å². The highest BCUT2D eigenvalue weighted by atomic mass is 32.2. The molecular formula is C24H25NO4S2. The highest BCUT2D eigenvalue weighted by Crippen LogP contribution is 2.47. The smallest absolute Gasteiger partial charge is 0.225 e. The summed E-state index contributed by atoms with van der Waals surface area (Å²) in [4.78, 5) is 13.8. The number of amides is 1. The number of anilines is 1. The Labute approximate surface area is 187 Å². The zero-order chi connectivity index (χ0) is 22.0. The Kier molecular flexibility index (Phi) is 6.16. The quantitative estimate of drug-likeness (QED) is 0.475. The first-order valence-electron chi connectivity index (χ1n) is 10.4. The number of carbonyl (C=O) groups excluding carboxylic acids is 1. The minimum absolute atomic E-state index is 0.152. The fourth-order valence-electron chi connectivity index (χ4n) is 3.72. The van der Waals surface area contributed by atoms with E-state index in [1.165, 1.54) is 11.3 Å². The van der Waals surface area contributed by atoms with E-state index in [9.17, 15) is 13.2 Å². The standard InChI is InChI=1S/C24H25NO4S2/c1-3-4-13-29-20-8-6-5-7-18(20)19-14-22(26)25-23-21(15-30-24(19)23)31(27,28)17-11-9-16(2)10-12-17/h5-12,15,19H,3-4,13-14H2,1-2H3,(H,25,26). The second-order valence-electron chi connectivity index (χ2n) is 7.70. The number of nitrogens with one attached hydrogen (secondary N) is 1. The predicted molar refractivity (Wildman–Crippen MR) is 123 cm³/mol. The van der Waals surface area contributed by atoms with Gasteiger partial charge in [-0.05, 0) is 31.5 Å². The molecule has 5 nitrogen and oxygen atoms in total. The number of thiophene rings is 1. The summed E-state index contributed by atoms with van der Waals surface area (Å²) in [5.41, 5.74) is 2.30. The van der Waals surface area contributed by atoms with Crippen molar-refractivity contribution in [1.29, 1.82) is 0 Å². The van der Waals surface area contributed by atoms with Crippen LogP contribution >= 0.6 is 11.3 Å². The second kappa shape index (κ2) is 8.85. The molecule has 3 aromatic rings. The summed E-state index contributed by atoms with van der Waals surface area (Å²) in [7, 11) is -3.75. The summed E-state index contributed by atoms with van der Waals surface area (Å²) in [6.45, 7) is 4.62. The molecule has 2 heterocycles. The molecule has 1 atom stereocenters. The lowest BCUT2D eigenvalue weighted by Crippen LogP contribution is -2.23. The van der Waals surface area contributed by atoms with Crippen LogP contribution < -0.4 is 10.1 Å². The number of sulfone groups is 1. The molecule has 1 unspecified atom stereocenters. The average Bonchev–Trinajstić information content (AvgIpc) is 3.19. The van der Waals surface area contributed by atoms with Crippen molar-refractivity contribution in [3.8, 4) is 5.75 Å². The van der Waals surface area contributed by atoms with Crippen LogP contribution in [0.4, 0.5) is 5.69 Å². The number of rotatable bonds is 7. The van der Waals surface area contributed by atoms with Crippen LogP contribution in [0.2, 0.25) is 0 Å². The molecule has 162 valence electrons. The molecule has 2 aromatic carbocycles. The average molecular weight is 456 g/mol. The Balaban J connectivity index is 1.76. The fourth-order valence-corrected chi connectivity index (χ4v) is 6.62. The maximum Gasteiger partial charge on any atom is 0.225 e.